The van der Waals surface area contributed by atoms with Crippen LogP contribution in [0.1, 0.15) is 33.1 Å². The Balaban J connectivity index is 1.78. The van der Waals surface area contributed by atoms with Crippen molar-refractivity contribution in [2.45, 2.75) is 44.7 Å². The van der Waals surface area contributed by atoms with Crippen LogP contribution in [0.15, 0.2) is 0 Å². The van der Waals surface area contributed by atoms with E-state index in [9.17, 15) is 0 Å². The summed E-state index contributed by atoms with van der Waals surface area (Å²) in [6, 6.07) is 0.780. The molecule has 1 saturated carbocycles. The molecule has 1 aliphatic heterocycles. The van der Waals surface area contributed by atoms with Crippen LogP contribution in [0.3, 0.4) is 0 Å². The standard InChI is InChI=1S/C12H25N3/c1-3-15(4-2)11-5-8-14(9-11)10-12(13)6-7-12/h11H,3-10,13H2,1-2H3. The Morgan fingerprint density at radius 3 is 2.53 bits per heavy atom. The van der Waals surface area contributed by atoms with Crippen molar-refractivity contribution in [3.05, 3.63) is 0 Å². The fraction of sp³-hybridized carbons (Fsp3) is 1.00. The molecule has 0 bridgehead atoms. The topological polar surface area (TPSA) is 32.5 Å². The molecule has 1 heterocycles. The molecule has 88 valence electrons. The molecule has 1 atom stereocenters. The molecule has 2 aliphatic rings. The lowest BCUT2D eigenvalue weighted by molar-refractivity contribution is 0.206. The summed E-state index contributed by atoms with van der Waals surface area (Å²) in [5, 5.41) is 0. The van der Waals surface area contributed by atoms with Crippen molar-refractivity contribution in [1.82, 2.24) is 9.80 Å². The molecule has 2 rings (SSSR count). The fourth-order valence-electron chi connectivity index (χ4n) is 2.76. The van der Waals surface area contributed by atoms with E-state index >= 15 is 0 Å². The molecule has 0 spiro atoms. The third kappa shape index (κ3) is 2.71. The van der Waals surface area contributed by atoms with Gasteiger partial charge in [0.25, 0.3) is 0 Å². The molecule has 0 radical (unpaired) electrons. The van der Waals surface area contributed by atoms with Gasteiger partial charge in [-0.2, -0.15) is 0 Å². The zero-order valence-corrected chi connectivity index (χ0v) is 10.2. The van der Waals surface area contributed by atoms with Crippen LogP contribution < -0.4 is 5.73 Å². The molecule has 1 aliphatic carbocycles. The number of hydrogen-bond acceptors (Lipinski definition) is 3. The normalized spacial score (nSPS) is 30.0. The highest BCUT2D eigenvalue weighted by Crippen LogP contribution is 2.34. The summed E-state index contributed by atoms with van der Waals surface area (Å²) < 4.78 is 0. The van der Waals surface area contributed by atoms with E-state index in [4.69, 9.17) is 5.73 Å². The highest BCUT2D eigenvalue weighted by atomic mass is 15.3. The second kappa shape index (κ2) is 4.40. The van der Waals surface area contributed by atoms with Gasteiger partial charge in [0.05, 0.1) is 0 Å². The van der Waals surface area contributed by atoms with Crippen molar-refractivity contribution in [1.29, 1.82) is 0 Å². The van der Waals surface area contributed by atoms with Gasteiger partial charge in [0.2, 0.25) is 0 Å². The van der Waals surface area contributed by atoms with Gasteiger partial charge in [-0.05, 0) is 38.9 Å². The van der Waals surface area contributed by atoms with Gasteiger partial charge in [0, 0.05) is 24.7 Å². The predicted molar refractivity (Wildman–Crippen MR) is 63.9 cm³/mol. The van der Waals surface area contributed by atoms with Gasteiger partial charge in [-0.3, -0.25) is 9.80 Å². The summed E-state index contributed by atoms with van der Waals surface area (Å²) in [6.07, 6.45) is 3.80. The third-order valence-corrected chi connectivity index (χ3v) is 4.01. The summed E-state index contributed by atoms with van der Waals surface area (Å²) in [7, 11) is 0. The van der Waals surface area contributed by atoms with Crippen molar-refractivity contribution in [2.24, 2.45) is 5.73 Å². The molecule has 3 nitrogen and oxygen atoms in total. The van der Waals surface area contributed by atoms with Crippen LogP contribution in [-0.4, -0.2) is 54.1 Å². The Hall–Kier alpha value is -0.120. The van der Waals surface area contributed by atoms with Crippen molar-refractivity contribution >= 4 is 0 Å². The average Bonchev–Trinajstić information content (AvgIpc) is 2.76. The van der Waals surface area contributed by atoms with E-state index < -0.39 is 0 Å². The van der Waals surface area contributed by atoms with Gasteiger partial charge in [-0.1, -0.05) is 13.8 Å². The van der Waals surface area contributed by atoms with Crippen LogP contribution in [0.4, 0.5) is 0 Å². The molecule has 3 heteroatoms. The first kappa shape index (κ1) is 11.4. The minimum Gasteiger partial charge on any atom is -0.324 e. The number of likely N-dealkylation sites (N-methyl/N-ethyl adjacent to an activating group) is 1. The number of likely N-dealkylation sites (tertiary alicyclic amines) is 1. The summed E-state index contributed by atoms with van der Waals surface area (Å²) in [5.74, 6) is 0. The molecule has 0 aromatic carbocycles. The Morgan fingerprint density at radius 2 is 2.00 bits per heavy atom. The zero-order valence-electron chi connectivity index (χ0n) is 10.2. The Bertz CT molecular complexity index is 209. The molecule has 0 amide bonds. The summed E-state index contributed by atoms with van der Waals surface area (Å²) >= 11 is 0. The highest BCUT2D eigenvalue weighted by molar-refractivity contribution is 5.02. The van der Waals surface area contributed by atoms with Crippen molar-refractivity contribution < 1.29 is 0 Å². The minimum atomic E-state index is 0.193. The number of rotatable bonds is 5. The zero-order chi connectivity index (χ0) is 10.9. The highest BCUT2D eigenvalue weighted by Gasteiger charge is 2.41. The lowest BCUT2D eigenvalue weighted by Crippen LogP contribution is -2.41. The first-order valence-electron chi connectivity index (χ1n) is 6.42. The molecule has 1 unspecified atom stereocenters. The summed E-state index contributed by atoms with van der Waals surface area (Å²) in [4.78, 5) is 5.14. The van der Waals surface area contributed by atoms with E-state index in [0.717, 1.165) is 12.6 Å². The smallest absolute Gasteiger partial charge is 0.0284 e. The lowest BCUT2D eigenvalue weighted by atomic mass is 10.2. The SMILES string of the molecule is CCN(CC)C1CCN(CC2(N)CC2)C1. The molecule has 1 saturated heterocycles. The summed E-state index contributed by atoms with van der Waals surface area (Å²) in [6.45, 7) is 10.5. The monoisotopic (exact) mass is 211 g/mol. The maximum absolute atomic E-state index is 6.16. The van der Waals surface area contributed by atoms with Gasteiger partial charge >= 0.3 is 0 Å². The Morgan fingerprint density at radius 1 is 1.33 bits per heavy atom. The van der Waals surface area contributed by atoms with E-state index in [2.05, 4.69) is 23.6 Å². The van der Waals surface area contributed by atoms with Gasteiger partial charge in [0.15, 0.2) is 0 Å². The molecule has 15 heavy (non-hydrogen) atoms. The average molecular weight is 211 g/mol. The van der Waals surface area contributed by atoms with Gasteiger partial charge in [0.1, 0.15) is 0 Å². The van der Waals surface area contributed by atoms with Crippen molar-refractivity contribution in [3.8, 4) is 0 Å². The van der Waals surface area contributed by atoms with Crippen molar-refractivity contribution in [3.63, 3.8) is 0 Å². The van der Waals surface area contributed by atoms with Gasteiger partial charge in [-0.15, -0.1) is 0 Å². The van der Waals surface area contributed by atoms with Crippen LogP contribution in [0.25, 0.3) is 0 Å². The first-order valence-corrected chi connectivity index (χ1v) is 6.42. The van der Waals surface area contributed by atoms with Crippen LogP contribution in [0.2, 0.25) is 0 Å². The van der Waals surface area contributed by atoms with E-state index in [1.54, 1.807) is 0 Å². The maximum atomic E-state index is 6.16. The van der Waals surface area contributed by atoms with Crippen LogP contribution in [0, 0.1) is 0 Å². The molecule has 0 aromatic heterocycles. The van der Waals surface area contributed by atoms with E-state index in [0.29, 0.717) is 0 Å². The van der Waals surface area contributed by atoms with E-state index in [1.165, 1.54) is 45.4 Å². The molecular weight excluding hydrogens is 186 g/mol. The predicted octanol–water partition coefficient (Wildman–Crippen LogP) is 0.894. The van der Waals surface area contributed by atoms with Crippen molar-refractivity contribution in [2.75, 3.05) is 32.7 Å². The molecule has 2 N–H and O–H groups in total. The third-order valence-electron chi connectivity index (χ3n) is 4.01. The maximum Gasteiger partial charge on any atom is 0.0284 e. The lowest BCUT2D eigenvalue weighted by Gasteiger charge is -2.27. The Kier molecular flexibility index (Phi) is 3.33. The Labute approximate surface area is 93.6 Å². The van der Waals surface area contributed by atoms with Crippen LogP contribution >= 0.6 is 0 Å². The number of hydrogen-bond donors (Lipinski definition) is 1. The second-order valence-corrected chi connectivity index (χ2v) is 5.26. The van der Waals surface area contributed by atoms with Crippen LogP contribution in [-0.2, 0) is 0 Å². The fourth-order valence-corrected chi connectivity index (χ4v) is 2.76. The molecule has 0 aromatic rings. The molecular formula is C12H25N3. The second-order valence-electron chi connectivity index (χ2n) is 5.26. The van der Waals surface area contributed by atoms with Crippen LogP contribution in [0.5, 0.6) is 0 Å². The summed E-state index contributed by atoms with van der Waals surface area (Å²) in [5.41, 5.74) is 6.35. The number of nitrogens with two attached hydrogens (primary N) is 1. The first-order chi connectivity index (χ1) is 7.17. The van der Waals surface area contributed by atoms with E-state index in [1.807, 2.05) is 0 Å². The molecule has 2 fully saturated rings. The van der Waals surface area contributed by atoms with Gasteiger partial charge in [-0.25, -0.2) is 0 Å². The van der Waals surface area contributed by atoms with Gasteiger partial charge < -0.3 is 5.73 Å². The largest absolute Gasteiger partial charge is 0.324 e. The minimum absolute atomic E-state index is 0.193. The quantitative estimate of drug-likeness (QED) is 0.733. The number of nitrogens with zero attached hydrogens (tertiary/aromatic N) is 2. The van der Waals surface area contributed by atoms with E-state index in [-0.39, 0.29) is 5.54 Å².